The average Bonchev–Trinajstić information content (AvgIpc) is 2.97. The largest absolute Gasteiger partial charge is 0.440 e. The number of benzene rings is 2. The zero-order valence-electron chi connectivity index (χ0n) is 16.0. The minimum atomic E-state index is -0.663. The number of imide groups is 1. The Bertz CT molecular complexity index is 1120. The summed E-state index contributed by atoms with van der Waals surface area (Å²) in [6.45, 7) is 1.47. The van der Waals surface area contributed by atoms with Crippen LogP contribution in [0.15, 0.2) is 48.5 Å². The van der Waals surface area contributed by atoms with Gasteiger partial charge in [0.1, 0.15) is 0 Å². The average molecular weight is 390 g/mol. The lowest BCUT2D eigenvalue weighted by Gasteiger charge is -2.17. The molecule has 2 aromatic carbocycles. The fourth-order valence-corrected chi connectivity index (χ4v) is 3.50. The number of carbonyl (C=O) groups is 3. The van der Waals surface area contributed by atoms with Crippen molar-refractivity contribution >= 4 is 28.7 Å². The summed E-state index contributed by atoms with van der Waals surface area (Å²) in [4.78, 5) is 43.2. The predicted molar refractivity (Wildman–Crippen MR) is 104 cm³/mol. The second-order valence-corrected chi connectivity index (χ2v) is 6.65. The molecule has 0 atom stereocenters. The van der Waals surface area contributed by atoms with E-state index < -0.39 is 24.5 Å². The van der Waals surface area contributed by atoms with Gasteiger partial charge in [0.05, 0.1) is 34.5 Å². The Balaban J connectivity index is 1.62. The maximum atomic E-state index is 12.9. The van der Waals surface area contributed by atoms with E-state index in [0.717, 1.165) is 15.8 Å². The monoisotopic (exact) mass is 390 g/mol. The molecule has 2 heterocycles. The number of fused-ring (bicyclic) bond motifs is 2. The van der Waals surface area contributed by atoms with Crippen molar-refractivity contribution in [2.75, 3.05) is 13.8 Å². The van der Waals surface area contributed by atoms with Gasteiger partial charge in [0.2, 0.25) is 0 Å². The van der Waals surface area contributed by atoms with Crippen molar-refractivity contribution in [1.29, 1.82) is 0 Å². The number of aromatic nitrogens is 1. The van der Waals surface area contributed by atoms with Crippen molar-refractivity contribution < 1.29 is 23.9 Å². The fourth-order valence-electron chi connectivity index (χ4n) is 3.50. The second-order valence-electron chi connectivity index (χ2n) is 6.65. The van der Waals surface area contributed by atoms with E-state index in [0.29, 0.717) is 22.4 Å². The molecule has 3 aromatic rings. The molecule has 29 heavy (non-hydrogen) atoms. The van der Waals surface area contributed by atoms with Crippen LogP contribution in [0.5, 0.6) is 0 Å². The van der Waals surface area contributed by atoms with Gasteiger partial charge >= 0.3 is 5.97 Å². The second kappa shape index (κ2) is 7.44. The third-order valence-corrected chi connectivity index (χ3v) is 4.92. The number of ether oxygens (including phenoxy) is 2. The summed E-state index contributed by atoms with van der Waals surface area (Å²) in [5.41, 5.74) is 2.77. The SMILES string of the molecule is COCc1nc2ccccc2c(C)c1C(=O)OCN1C(=O)c2ccccc2C1=O. The molecule has 146 valence electrons. The van der Waals surface area contributed by atoms with E-state index in [9.17, 15) is 14.4 Å². The third kappa shape index (κ3) is 3.15. The molecule has 0 radical (unpaired) electrons. The lowest BCUT2D eigenvalue weighted by molar-refractivity contribution is 0.0224. The summed E-state index contributed by atoms with van der Waals surface area (Å²) >= 11 is 0. The third-order valence-electron chi connectivity index (χ3n) is 4.92. The number of methoxy groups -OCH3 is 1. The first kappa shape index (κ1) is 18.8. The van der Waals surface area contributed by atoms with E-state index in [1.807, 2.05) is 31.2 Å². The summed E-state index contributed by atoms with van der Waals surface area (Å²) < 4.78 is 10.5. The Kier molecular flexibility index (Phi) is 4.82. The van der Waals surface area contributed by atoms with E-state index in [1.165, 1.54) is 7.11 Å². The number of hydrogen-bond donors (Lipinski definition) is 0. The summed E-state index contributed by atoms with van der Waals surface area (Å²) in [5.74, 6) is -1.63. The number of para-hydroxylation sites is 1. The van der Waals surface area contributed by atoms with Gasteiger partial charge in [-0.15, -0.1) is 0 Å². The smallest absolute Gasteiger partial charge is 0.342 e. The Morgan fingerprint density at radius 2 is 1.62 bits per heavy atom. The topological polar surface area (TPSA) is 85.8 Å². The zero-order valence-corrected chi connectivity index (χ0v) is 16.0. The van der Waals surface area contributed by atoms with Gasteiger partial charge in [-0.2, -0.15) is 0 Å². The number of carbonyl (C=O) groups excluding carboxylic acids is 3. The Morgan fingerprint density at radius 3 is 2.28 bits per heavy atom. The van der Waals surface area contributed by atoms with E-state index in [4.69, 9.17) is 9.47 Å². The quantitative estimate of drug-likeness (QED) is 0.492. The molecular formula is C22H18N2O5. The Hall–Kier alpha value is -3.58. The van der Waals surface area contributed by atoms with Crippen molar-refractivity contribution in [3.05, 3.63) is 76.5 Å². The molecule has 0 saturated carbocycles. The van der Waals surface area contributed by atoms with Gasteiger partial charge in [-0.1, -0.05) is 30.3 Å². The summed E-state index contributed by atoms with van der Waals surface area (Å²) in [6, 6.07) is 14.0. The minimum absolute atomic E-state index is 0.128. The summed E-state index contributed by atoms with van der Waals surface area (Å²) in [5, 5.41) is 0.819. The molecule has 1 aromatic heterocycles. The number of nitrogens with zero attached hydrogens (tertiary/aromatic N) is 2. The van der Waals surface area contributed by atoms with Crippen LogP contribution in [0, 0.1) is 6.92 Å². The molecule has 1 aliphatic rings. The summed E-state index contributed by atoms with van der Waals surface area (Å²) in [7, 11) is 1.51. The molecule has 0 spiro atoms. The van der Waals surface area contributed by atoms with Gasteiger partial charge in [0.15, 0.2) is 6.73 Å². The molecule has 0 fully saturated rings. The summed E-state index contributed by atoms with van der Waals surface area (Å²) in [6.07, 6.45) is 0. The van der Waals surface area contributed by atoms with Crippen molar-refractivity contribution in [3.8, 4) is 0 Å². The fraction of sp³-hybridized carbons (Fsp3) is 0.182. The van der Waals surface area contributed by atoms with Crippen LogP contribution >= 0.6 is 0 Å². The number of aryl methyl sites for hydroxylation is 1. The van der Waals surface area contributed by atoms with E-state index in [1.54, 1.807) is 24.3 Å². The molecule has 7 nitrogen and oxygen atoms in total. The van der Waals surface area contributed by atoms with E-state index in [-0.39, 0.29) is 12.2 Å². The number of hydrogen-bond acceptors (Lipinski definition) is 6. The molecular weight excluding hydrogens is 372 g/mol. The van der Waals surface area contributed by atoms with Crippen molar-refractivity contribution in [2.45, 2.75) is 13.5 Å². The van der Waals surface area contributed by atoms with Gasteiger partial charge in [0.25, 0.3) is 11.8 Å². The molecule has 0 aliphatic carbocycles. The number of esters is 1. The maximum Gasteiger partial charge on any atom is 0.342 e. The highest BCUT2D eigenvalue weighted by atomic mass is 16.5. The Morgan fingerprint density at radius 1 is 1.00 bits per heavy atom. The lowest BCUT2D eigenvalue weighted by Crippen LogP contribution is -2.33. The number of amides is 2. The van der Waals surface area contributed by atoms with E-state index in [2.05, 4.69) is 4.98 Å². The van der Waals surface area contributed by atoms with Crippen LogP contribution < -0.4 is 0 Å². The van der Waals surface area contributed by atoms with Crippen LogP contribution in [-0.2, 0) is 16.1 Å². The van der Waals surface area contributed by atoms with Crippen molar-refractivity contribution in [3.63, 3.8) is 0 Å². The van der Waals surface area contributed by atoms with Crippen LogP contribution in [-0.4, -0.2) is 41.5 Å². The molecule has 7 heteroatoms. The number of pyridine rings is 1. The van der Waals surface area contributed by atoms with Gasteiger partial charge in [0, 0.05) is 12.5 Å². The van der Waals surface area contributed by atoms with Crippen LogP contribution in [0.2, 0.25) is 0 Å². The van der Waals surface area contributed by atoms with Crippen LogP contribution in [0.25, 0.3) is 10.9 Å². The Labute approximate surface area is 166 Å². The molecule has 1 aliphatic heterocycles. The number of rotatable bonds is 5. The minimum Gasteiger partial charge on any atom is -0.440 e. The standard InChI is InChI=1S/C22H18N2O5/c1-13-14-7-5-6-10-17(14)23-18(11-28-2)19(13)22(27)29-12-24-20(25)15-8-3-4-9-16(15)21(24)26/h3-10H,11-12H2,1-2H3. The molecule has 0 bridgehead atoms. The van der Waals surface area contributed by atoms with Crippen LogP contribution in [0.1, 0.15) is 42.3 Å². The highest BCUT2D eigenvalue weighted by molar-refractivity contribution is 6.21. The predicted octanol–water partition coefficient (Wildman–Crippen LogP) is 3.10. The zero-order chi connectivity index (χ0) is 20.5. The maximum absolute atomic E-state index is 12.9. The van der Waals surface area contributed by atoms with Gasteiger partial charge < -0.3 is 9.47 Å². The van der Waals surface area contributed by atoms with Gasteiger partial charge in [-0.05, 0) is 30.7 Å². The molecule has 4 rings (SSSR count). The van der Waals surface area contributed by atoms with E-state index >= 15 is 0 Å². The van der Waals surface area contributed by atoms with Crippen molar-refractivity contribution in [1.82, 2.24) is 9.88 Å². The molecule has 2 amide bonds. The lowest BCUT2D eigenvalue weighted by atomic mass is 10.0. The molecule has 0 N–H and O–H groups in total. The first-order chi connectivity index (χ1) is 14.0. The van der Waals surface area contributed by atoms with Crippen LogP contribution in [0.3, 0.4) is 0 Å². The highest BCUT2D eigenvalue weighted by Gasteiger charge is 2.36. The molecule has 0 saturated heterocycles. The first-order valence-corrected chi connectivity index (χ1v) is 9.02. The van der Waals surface area contributed by atoms with Crippen molar-refractivity contribution in [2.24, 2.45) is 0 Å². The van der Waals surface area contributed by atoms with Crippen LogP contribution in [0.4, 0.5) is 0 Å². The molecule has 0 unspecified atom stereocenters. The van der Waals surface area contributed by atoms with Gasteiger partial charge in [-0.3, -0.25) is 9.59 Å². The van der Waals surface area contributed by atoms with Gasteiger partial charge in [-0.25, -0.2) is 14.7 Å². The first-order valence-electron chi connectivity index (χ1n) is 9.02. The normalized spacial score (nSPS) is 13.1. The highest BCUT2D eigenvalue weighted by Crippen LogP contribution is 2.26.